The molecule has 0 saturated carbocycles. The molecule has 3 rings (SSSR count). The molecule has 2 unspecified atom stereocenters. The van der Waals surface area contributed by atoms with Gasteiger partial charge >= 0.3 is 0 Å². The summed E-state index contributed by atoms with van der Waals surface area (Å²) >= 11 is 0. The van der Waals surface area contributed by atoms with Crippen molar-refractivity contribution in [2.24, 2.45) is 0 Å². The highest BCUT2D eigenvalue weighted by Crippen LogP contribution is 2.34. The topological polar surface area (TPSA) is 34.4 Å². The van der Waals surface area contributed by atoms with E-state index in [0.717, 1.165) is 22.3 Å². The average molecular weight is 281 g/mol. The summed E-state index contributed by atoms with van der Waals surface area (Å²) in [7, 11) is 3.65. The number of hydrogen-bond donors (Lipinski definition) is 1. The molecule has 0 fully saturated rings. The van der Waals surface area contributed by atoms with Gasteiger partial charge in [-0.15, -0.1) is 0 Å². The van der Waals surface area contributed by atoms with E-state index in [1.54, 1.807) is 7.11 Å². The summed E-state index contributed by atoms with van der Waals surface area (Å²) in [6.45, 7) is 0. The maximum absolute atomic E-state index is 5.98. The van der Waals surface area contributed by atoms with Crippen molar-refractivity contribution in [1.82, 2.24) is 5.32 Å². The zero-order chi connectivity index (χ0) is 14.7. The summed E-state index contributed by atoms with van der Waals surface area (Å²) in [4.78, 5) is 0. The van der Waals surface area contributed by atoms with Crippen molar-refractivity contribution in [2.75, 3.05) is 14.2 Å². The van der Waals surface area contributed by atoms with Crippen LogP contribution in [0.3, 0.4) is 0 Å². The third kappa shape index (κ3) is 2.71. The van der Waals surface area contributed by atoms with Crippen LogP contribution >= 0.6 is 0 Å². The highest BCUT2D eigenvalue weighted by Gasteiger charge is 2.26. The normalized spacial score (nSPS) is 14.2. The highest BCUT2D eigenvalue weighted by molar-refractivity contribution is 5.77. The van der Waals surface area contributed by atoms with Crippen LogP contribution in [0.2, 0.25) is 0 Å². The molecule has 1 aromatic heterocycles. The minimum Gasteiger partial charge on any atom is -0.459 e. The third-order valence-corrected chi connectivity index (χ3v) is 3.75. The van der Waals surface area contributed by atoms with Crippen molar-refractivity contribution in [2.45, 2.75) is 12.1 Å². The quantitative estimate of drug-likeness (QED) is 0.765. The van der Waals surface area contributed by atoms with Crippen LogP contribution in [-0.4, -0.2) is 14.2 Å². The van der Waals surface area contributed by atoms with Gasteiger partial charge in [-0.25, -0.2) is 0 Å². The predicted molar refractivity (Wildman–Crippen MR) is 84.2 cm³/mol. The minimum absolute atomic E-state index is 0.0372. The van der Waals surface area contributed by atoms with E-state index in [1.165, 1.54) is 0 Å². The highest BCUT2D eigenvalue weighted by atomic mass is 16.5. The van der Waals surface area contributed by atoms with Crippen molar-refractivity contribution in [3.05, 3.63) is 72.0 Å². The number of hydrogen-bond acceptors (Lipinski definition) is 3. The zero-order valence-electron chi connectivity index (χ0n) is 12.2. The molecule has 0 aliphatic carbocycles. The molecule has 2 aromatic carbocycles. The van der Waals surface area contributed by atoms with Crippen LogP contribution in [0.5, 0.6) is 0 Å². The van der Waals surface area contributed by atoms with E-state index in [9.17, 15) is 0 Å². The number of nitrogens with one attached hydrogen (secondary N) is 1. The molecule has 1 heterocycles. The van der Waals surface area contributed by atoms with Crippen molar-refractivity contribution in [3.63, 3.8) is 0 Å². The first-order valence-corrected chi connectivity index (χ1v) is 7.07. The number of fused-ring (bicyclic) bond motifs is 1. The Morgan fingerprint density at radius 3 is 2.38 bits per heavy atom. The van der Waals surface area contributed by atoms with E-state index in [4.69, 9.17) is 9.15 Å². The molecule has 108 valence electrons. The van der Waals surface area contributed by atoms with E-state index in [1.807, 2.05) is 43.4 Å². The Kier molecular flexibility index (Phi) is 4.04. The summed E-state index contributed by atoms with van der Waals surface area (Å²) in [6, 6.07) is 20.3. The Morgan fingerprint density at radius 2 is 1.71 bits per heavy atom. The molecule has 3 nitrogen and oxygen atoms in total. The summed E-state index contributed by atoms with van der Waals surface area (Å²) in [5.74, 6) is 0.884. The first kappa shape index (κ1) is 13.9. The maximum Gasteiger partial charge on any atom is 0.134 e. The lowest BCUT2D eigenvalue weighted by molar-refractivity contribution is 0.0635. The molecule has 0 saturated heterocycles. The number of likely N-dealkylation sites (N-methyl/N-ethyl adjacent to an activating group) is 1. The van der Waals surface area contributed by atoms with E-state index in [2.05, 4.69) is 29.6 Å². The van der Waals surface area contributed by atoms with Crippen LogP contribution in [0.15, 0.2) is 65.1 Å². The van der Waals surface area contributed by atoms with Crippen LogP contribution in [0.4, 0.5) is 0 Å². The van der Waals surface area contributed by atoms with E-state index >= 15 is 0 Å². The number of benzene rings is 2. The van der Waals surface area contributed by atoms with Gasteiger partial charge in [0.1, 0.15) is 17.4 Å². The Morgan fingerprint density at radius 1 is 1.00 bits per heavy atom. The molecule has 3 aromatic rings. The van der Waals surface area contributed by atoms with Gasteiger partial charge in [-0.1, -0.05) is 48.5 Å². The number of furan rings is 1. The van der Waals surface area contributed by atoms with Gasteiger partial charge in [0.2, 0.25) is 0 Å². The van der Waals surface area contributed by atoms with Gasteiger partial charge in [-0.2, -0.15) is 0 Å². The fourth-order valence-corrected chi connectivity index (χ4v) is 2.71. The lowest BCUT2D eigenvalue weighted by Crippen LogP contribution is -2.24. The Balaban J connectivity index is 1.99. The molecule has 2 atom stereocenters. The molecular formula is C18H19NO2. The number of ether oxygens (including phenoxy) is 1. The smallest absolute Gasteiger partial charge is 0.134 e. The summed E-state index contributed by atoms with van der Waals surface area (Å²) < 4.78 is 11.7. The number of rotatable bonds is 5. The Hall–Kier alpha value is -2.10. The number of methoxy groups -OCH3 is 1. The largest absolute Gasteiger partial charge is 0.459 e. The summed E-state index contributed by atoms with van der Waals surface area (Å²) in [5.41, 5.74) is 2.02. The lowest BCUT2D eigenvalue weighted by atomic mass is 10.00. The molecule has 3 heteroatoms. The van der Waals surface area contributed by atoms with Crippen LogP contribution in [0.1, 0.15) is 23.5 Å². The second-order valence-corrected chi connectivity index (χ2v) is 5.02. The van der Waals surface area contributed by atoms with Crippen molar-refractivity contribution in [1.29, 1.82) is 0 Å². The summed E-state index contributed by atoms with van der Waals surface area (Å²) in [5, 5.41) is 4.42. The van der Waals surface area contributed by atoms with Gasteiger partial charge in [0, 0.05) is 12.5 Å². The van der Waals surface area contributed by atoms with Gasteiger partial charge in [0.15, 0.2) is 0 Å². The standard InChI is InChI=1S/C18H19NO2/c1-19-17(18(20-2)13-8-4-3-5-9-13)16-12-14-10-6-7-11-15(14)21-16/h3-12,17-19H,1-2H3. The maximum atomic E-state index is 5.98. The lowest BCUT2D eigenvalue weighted by Gasteiger charge is -2.24. The molecule has 21 heavy (non-hydrogen) atoms. The van der Waals surface area contributed by atoms with Gasteiger partial charge in [-0.3, -0.25) is 0 Å². The van der Waals surface area contributed by atoms with E-state index < -0.39 is 0 Å². The van der Waals surface area contributed by atoms with Crippen molar-refractivity contribution < 1.29 is 9.15 Å². The first-order chi connectivity index (χ1) is 10.3. The molecule has 0 spiro atoms. The predicted octanol–water partition coefficient (Wildman–Crippen LogP) is 4.08. The van der Waals surface area contributed by atoms with Gasteiger partial charge < -0.3 is 14.5 Å². The van der Waals surface area contributed by atoms with Crippen molar-refractivity contribution >= 4 is 11.0 Å². The average Bonchev–Trinajstić information content (AvgIpc) is 2.96. The Bertz CT molecular complexity index is 672. The fraction of sp³-hybridized carbons (Fsp3) is 0.222. The SMILES string of the molecule is CNC(c1cc2ccccc2o1)C(OC)c1ccccc1. The van der Waals surface area contributed by atoms with Gasteiger partial charge in [0.25, 0.3) is 0 Å². The fourth-order valence-electron chi connectivity index (χ4n) is 2.71. The van der Waals surface area contributed by atoms with E-state index in [-0.39, 0.29) is 12.1 Å². The Labute approximate surface area is 124 Å². The molecule has 0 bridgehead atoms. The molecule has 0 aliphatic rings. The van der Waals surface area contributed by atoms with Crippen LogP contribution < -0.4 is 5.32 Å². The van der Waals surface area contributed by atoms with Gasteiger partial charge in [-0.05, 0) is 24.7 Å². The second kappa shape index (κ2) is 6.12. The first-order valence-electron chi connectivity index (χ1n) is 7.07. The summed E-state index contributed by atoms with van der Waals surface area (Å²) in [6.07, 6.45) is -0.100. The second-order valence-electron chi connectivity index (χ2n) is 5.02. The number of para-hydroxylation sites is 1. The van der Waals surface area contributed by atoms with Crippen LogP contribution in [-0.2, 0) is 4.74 Å². The monoisotopic (exact) mass is 281 g/mol. The zero-order valence-corrected chi connectivity index (χ0v) is 12.2. The third-order valence-electron chi connectivity index (χ3n) is 3.75. The molecule has 0 amide bonds. The minimum atomic E-state index is -0.100. The van der Waals surface area contributed by atoms with Crippen molar-refractivity contribution in [3.8, 4) is 0 Å². The van der Waals surface area contributed by atoms with Crippen LogP contribution in [0, 0.1) is 0 Å². The van der Waals surface area contributed by atoms with E-state index in [0.29, 0.717) is 0 Å². The molecule has 0 radical (unpaired) electrons. The molecule has 1 N–H and O–H groups in total. The molecule has 0 aliphatic heterocycles. The van der Waals surface area contributed by atoms with Crippen LogP contribution in [0.25, 0.3) is 11.0 Å². The van der Waals surface area contributed by atoms with Gasteiger partial charge in [0.05, 0.1) is 6.04 Å². The molecular weight excluding hydrogens is 262 g/mol.